The Kier molecular flexibility index (Phi) is 3.82. The summed E-state index contributed by atoms with van der Waals surface area (Å²) in [4.78, 5) is 26.8. The molecular formula is C10H11ClN4O3P+. The van der Waals surface area contributed by atoms with E-state index in [1.807, 2.05) is 0 Å². The van der Waals surface area contributed by atoms with Crippen LogP contribution in [0.2, 0.25) is 5.02 Å². The van der Waals surface area contributed by atoms with E-state index in [1.165, 1.54) is 0 Å². The smallest absolute Gasteiger partial charge is 0.363 e. The second kappa shape index (κ2) is 5.22. The van der Waals surface area contributed by atoms with Crippen molar-refractivity contribution in [2.75, 3.05) is 0 Å². The third-order valence-electron chi connectivity index (χ3n) is 2.72. The molecule has 0 saturated carbocycles. The highest BCUT2D eigenvalue weighted by molar-refractivity contribution is 7.35. The van der Waals surface area contributed by atoms with Gasteiger partial charge in [0.2, 0.25) is 0 Å². The van der Waals surface area contributed by atoms with Gasteiger partial charge < -0.3 is 10.7 Å². The minimum Gasteiger partial charge on any atom is -0.363 e. The van der Waals surface area contributed by atoms with Crippen LogP contribution in [0, 0.1) is 6.92 Å². The topological polar surface area (TPSA) is 121 Å². The van der Waals surface area contributed by atoms with Gasteiger partial charge in [-0.1, -0.05) is 16.7 Å². The number of nitrogens with one attached hydrogen (secondary N) is 2. The Morgan fingerprint density at radius 3 is 2.95 bits per heavy atom. The molecule has 7 nitrogen and oxygen atoms in total. The summed E-state index contributed by atoms with van der Waals surface area (Å²) in [5, 5.41) is 2.87. The van der Waals surface area contributed by atoms with E-state index >= 15 is 0 Å². The predicted molar refractivity (Wildman–Crippen MR) is 71.0 cm³/mol. The number of fused-ring (bicyclic) bond motifs is 1. The molecule has 2 rings (SSSR count). The van der Waals surface area contributed by atoms with Gasteiger partial charge in [-0.05, 0) is 23.1 Å². The Bertz CT molecular complexity index is 685. The van der Waals surface area contributed by atoms with Gasteiger partial charge in [0.05, 0.1) is 17.6 Å². The molecule has 0 radical (unpaired) electrons. The Morgan fingerprint density at radius 1 is 1.68 bits per heavy atom. The van der Waals surface area contributed by atoms with E-state index in [-0.39, 0.29) is 12.4 Å². The second-order valence-electron chi connectivity index (χ2n) is 3.92. The molecule has 1 aromatic heterocycles. The molecule has 5 N–H and O–H groups in total. The SMILES string of the molecule is Cc1c(Cl)cc2[nH]c(C(N)=O)nc2c1CN[P+](=O)O. The summed E-state index contributed by atoms with van der Waals surface area (Å²) in [6.07, 6.45) is 0. The van der Waals surface area contributed by atoms with Crippen molar-refractivity contribution in [3.8, 4) is 0 Å². The number of H-pyrrole nitrogens is 1. The number of aromatic amines is 1. The highest BCUT2D eigenvalue weighted by Gasteiger charge is 2.18. The molecule has 100 valence electrons. The van der Waals surface area contributed by atoms with Gasteiger partial charge >= 0.3 is 8.18 Å². The van der Waals surface area contributed by atoms with E-state index < -0.39 is 14.1 Å². The number of hydrogen-bond donors (Lipinski definition) is 4. The van der Waals surface area contributed by atoms with Gasteiger partial charge in [0.15, 0.2) is 5.82 Å². The first-order valence-corrected chi connectivity index (χ1v) is 6.86. The van der Waals surface area contributed by atoms with Crippen molar-refractivity contribution < 1.29 is 14.3 Å². The van der Waals surface area contributed by atoms with Crippen molar-refractivity contribution in [3.05, 3.63) is 28.0 Å². The molecule has 0 aliphatic carbocycles. The zero-order valence-electron chi connectivity index (χ0n) is 9.90. The fraction of sp³-hybridized carbons (Fsp3) is 0.200. The molecule has 1 amide bonds. The van der Waals surface area contributed by atoms with Gasteiger partial charge in [0.25, 0.3) is 5.91 Å². The molecule has 1 aromatic carbocycles. The predicted octanol–water partition coefficient (Wildman–Crippen LogP) is 1.36. The molecule has 0 aliphatic heterocycles. The summed E-state index contributed by atoms with van der Waals surface area (Å²) < 4.78 is 10.7. The number of imidazole rings is 1. The van der Waals surface area contributed by atoms with Gasteiger partial charge in [-0.25, -0.2) is 4.98 Å². The van der Waals surface area contributed by atoms with E-state index in [0.717, 1.165) is 5.56 Å². The van der Waals surface area contributed by atoms with Crippen LogP contribution in [-0.2, 0) is 11.1 Å². The molecule has 0 fully saturated rings. The van der Waals surface area contributed by atoms with Crippen molar-refractivity contribution in [3.63, 3.8) is 0 Å². The quantitative estimate of drug-likeness (QED) is 0.635. The van der Waals surface area contributed by atoms with Crippen molar-refractivity contribution >= 4 is 36.7 Å². The molecule has 1 heterocycles. The average molecular weight is 302 g/mol. The van der Waals surface area contributed by atoms with Crippen LogP contribution in [0.3, 0.4) is 0 Å². The Hall–Kier alpha value is -1.53. The number of carbonyl (C=O) groups is 1. The molecule has 19 heavy (non-hydrogen) atoms. The molecule has 9 heteroatoms. The normalized spacial score (nSPS) is 11.8. The molecule has 1 atom stereocenters. The number of benzene rings is 1. The van der Waals surface area contributed by atoms with Gasteiger partial charge in [-0.15, -0.1) is 4.89 Å². The van der Waals surface area contributed by atoms with E-state index in [4.69, 9.17) is 22.2 Å². The van der Waals surface area contributed by atoms with Gasteiger partial charge in [0.1, 0.15) is 0 Å². The number of nitrogens with two attached hydrogens (primary N) is 1. The van der Waals surface area contributed by atoms with Crippen molar-refractivity contribution in [2.24, 2.45) is 5.73 Å². The highest BCUT2D eigenvalue weighted by atomic mass is 35.5. The number of carbonyl (C=O) groups excluding carboxylic acids is 1. The van der Waals surface area contributed by atoms with Crippen LogP contribution < -0.4 is 10.8 Å². The minimum atomic E-state index is -2.48. The van der Waals surface area contributed by atoms with E-state index in [0.29, 0.717) is 21.6 Å². The minimum absolute atomic E-state index is 0.0197. The lowest BCUT2D eigenvalue weighted by Gasteiger charge is -2.05. The number of hydrogen-bond acceptors (Lipinski definition) is 3. The number of rotatable bonds is 4. The zero-order valence-corrected chi connectivity index (χ0v) is 11.5. The average Bonchev–Trinajstić information content (AvgIpc) is 2.73. The van der Waals surface area contributed by atoms with Crippen LogP contribution in [-0.4, -0.2) is 20.8 Å². The summed E-state index contributed by atoms with van der Waals surface area (Å²) in [6.45, 7) is 1.87. The lowest BCUT2D eigenvalue weighted by atomic mass is 10.1. The van der Waals surface area contributed by atoms with Crippen LogP contribution in [0.4, 0.5) is 0 Å². The first kappa shape index (κ1) is 13.9. The third kappa shape index (κ3) is 2.74. The fourth-order valence-electron chi connectivity index (χ4n) is 1.76. The summed E-state index contributed by atoms with van der Waals surface area (Å²) >= 11 is 6.07. The molecule has 0 bridgehead atoms. The van der Waals surface area contributed by atoms with E-state index in [1.54, 1.807) is 13.0 Å². The van der Waals surface area contributed by atoms with Crippen molar-refractivity contribution in [1.29, 1.82) is 0 Å². The van der Waals surface area contributed by atoms with Crippen LogP contribution >= 0.6 is 19.8 Å². The monoisotopic (exact) mass is 301 g/mol. The second-order valence-corrected chi connectivity index (χ2v) is 5.18. The molecule has 0 saturated heterocycles. The standard InChI is InChI=1S/C10H10ClN4O3P/c1-4-5(3-13-19(17)18)8-7(2-6(4)11)14-10(15-8)9(12)16/h2H,3H2,1H3,(H4-,12,13,14,15,16,17,18)/p+1. The summed E-state index contributed by atoms with van der Waals surface area (Å²) in [6, 6.07) is 1.63. The van der Waals surface area contributed by atoms with Gasteiger partial charge in [0, 0.05) is 10.6 Å². The van der Waals surface area contributed by atoms with Crippen LogP contribution in [0.15, 0.2) is 6.07 Å². The number of amides is 1. The first-order chi connectivity index (χ1) is 8.90. The largest absolute Gasteiger partial charge is 0.610 e. The van der Waals surface area contributed by atoms with Crippen molar-refractivity contribution in [2.45, 2.75) is 13.5 Å². The maximum atomic E-state index is 11.1. The highest BCUT2D eigenvalue weighted by Crippen LogP contribution is 2.28. The maximum absolute atomic E-state index is 11.1. The Morgan fingerprint density at radius 2 is 2.37 bits per heavy atom. The number of halogens is 1. The summed E-state index contributed by atoms with van der Waals surface area (Å²) in [5.41, 5.74) is 7.57. The van der Waals surface area contributed by atoms with Crippen LogP contribution in [0.1, 0.15) is 21.7 Å². The maximum Gasteiger partial charge on any atom is 0.610 e. The van der Waals surface area contributed by atoms with E-state index in [2.05, 4.69) is 15.1 Å². The molecule has 2 aromatic rings. The summed E-state index contributed by atoms with van der Waals surface area (Å²) in [7, 11) is -2.48. The van der Waals surface area contributed by atoms with E-state index in [9.17, 15) is 9.36 Å². The lowest BCUT2D eigenvalue weighted by Crippen LogP contribution is -2.12. The third-order valence-corrected chi connectivity index (χ3v) is 3.55. The molecular weight excluding hydrogens is 291 g/mol. The summed E-state index contributed by atoms with van der Waals surface area (Å²) in [5.74, 6) is -0.663. The molecule has 0 aliphatic rings. The van der Waals surface area contributed by atoms with Crippen LogP contribution in [0.5, 0.6) is 0 Å². The Balaban J connectivity index is 2.60. The number of aromatic nitrogens is 2. The lowest BCUT2D eigenvalue weighted by molar-refractivity contribution is 0.0991. The number of nitrogens with zero attached hydrogens (tertiary/aromatic N) is 1. The van der Waals surface area contributed by atoms with Crippen LogP contribution in [0.25, 0.3) is 11.0 Å². The first-order valence-electron chi connectivity index (χ1n) is 5.27. The molecule has 0 spiro atoms. The molecule has 1 unspecified atom stereocenters. The zero-order chi connectivity index (χ0) is 14.2. The number of primary amides is 1. The van der Waals surface area contributed by atoms with Gasteiger partial charge in [-0.3, -0.25) is 4.79 Å². The Labute approximate surface area is 114 Å². The fourth-order valence-corrected chi connectivity index (χ4v) is 2.27. The van der Waals surface area contributed by atoms with Gasteiger partial charge in [-0.2, -0.15) is 0 Å². The van der Waals surface area contributed by atoms with Crippen molar-refractivity contribution in [1.82, 2.24) is 15.1 Å².